The first-order valence-electron chi connectivity index (χ1n) is 1.84. The van der Waals surface area contributed by atoms with Crippen molar-refractivity contribution in [1.82, 2.24) is 10.9 Å². The van der Waals surface area contributed by atoms with E-state index in [1.807, 2.05) is 10.9 Å². The molecule has 5 nitrogen and oxygen atoms in total. The van der Waals surface area contributed by atoms with Crippen molar-refractivity contribution in [2.75, 3.05) is 7.11 Å². The Morgan fingerprint density at radius 1 is 1.75 bits per heavy atom. The second-order valence-corrected chi connectivity index (χ2v) is 0.879. The maximum atomic E-state index is 10.0. The van der Waals surface area contributed by atoms with E-state index in [1.165, 1.54) is 7.11 Å². The van der Waals surface area contributed by atoms with Gasteiger partial charge in [0.05, 0.1) is 7.11 Å². The molecule has 5 heteroatoms. The van der Waals surface area contributed by atoms with Crippen molar-refractivity contribution in [1.29, 1.82) is 0 Å². The molecule has 0 aliphatic heterocycles. The second-order valence-electron chi connectivity index (χ2n) is 0.879. The van der Waals surface area contributed by atoms with Crippen molar-refractivity contribution < 1.29 is 14.3 Å². The fourth-order valence-electron chi connectivity index (χ4n) is 0.139. The zero-order valence-electron chi connectivity index (χ0n) is 4.30. The Kier molecular flexibility index (Phi) is 3.30. The minimum Gasteiger partial charge on any atom is -0.452 e. The van der Waals surface area contributed by atoms with E-state index < -0.39 is 6.09 Å². The molecule has 0 fully saturated rings. The van der Waals surface area contributed by atoms with Crippen LogP contribution in [0.4, 0.5) is 4.79 Å². The number of amides is 2. The maximum absolute atomic E-state index is 10.0. The molecule has 0 unspecified atom stereocenters. The smallest absolute Gasteiger partial charge is 0.425 e. The number of rotatable bonds is 2. The maximum Gasteiger partial charge on any atom is 0.425 e. The van der Waals surface area contributed by atoms with Crippen LogP contribution in [0, 0.1) is 0 Å². The van der Waals surface area contributed by atoms with Gasteiger partial charge in [-0.1, -0.05) is 0 Å². The van der Waals surface area contributed by atoms with Gasteiger partial charge in [-0.2, -0.15) is 0 Å². The highest BCUT2D eigenvalue weighted by Crippen LogP contribution is 1.62. The van der Waals surface area contributed by atoms with Crippen LogP contribution in [-0.2, 0) is 9.53 Å². The molecule has 0 atom stereocenters. The van der Waals surface area contributed by atoms with Crippen molar-refractivity contribution in [3.05, 3.63) is 0 Å². The molecule has 0 saturated heterocycles. The summed E-state index contributed by atoms with van der Waals surface area (Å²) in [4.78, 5) is 19.5. The van der Waals surface area contributed by atoms with Crippen LogP contribution in [0.25, 0.3) is 0 Å². The minimum atomic E-state index is -0.697. The summed E-state index contributed by atoms with van der Waals surface area (Å²) < 4.78 is 4.08. The van der Waals surface area contributed by atoms with Gasteiger partial charge in [0.15, 0.2) is 0 Å². The molecule has 2 amide bonds. The molecule has 0 spiro atoms. The topological polar surface area (TPSA) is 67.4 Å². The molecule has 0 heterocycles. The molecule has 8 heavy (non-hydrogen) atoms. The zero-order valence-corrected chi connectivity index (χ0v) is 4.30. The number of hydrazine groups is 1. The zero-order chi connectivity index (χ0) is 6.41. The van der Waals surface area contributed by atoms with Gasteiger partial charge in [0.1, 0.15) is 0 Å². The molecule has 46 valence electrons. The highest BCUT2D eigenvalue weighted by molar-refractivity contribution is 5.68. The Labute approximate surface area is 46.0 Å². The number of carbonyl (C=O) groups is 2. The van der Waals surface area contributed by atoms with Crippen molar-refractivity contribution in [2.45, 2.75) is 0 Å². The Balaban J connectivity index is 3.11. The lowest BCUT2D eigenvalue weighted by atomic mass is 11.2. The van der Waals surface area contributed by atoms with E-state index in [9.17, 15) is 9.59 Å². The van der Waals surface area contributed by atoms with Gasteiger partial charge in [-0.15, -0.1) is 0 Å². The number of nitrogens with one attached hydrogen (secondary N) is 2. The van der Waals surface area contributed by atoms with E-state index in [0.29, 0.717) is 6.41 Å². The van der Waals surface area contributed by atoms with Crippen molar-refractivity contribution >= 4 is 12.5 Å². The Morgan fingerprint density at radius 2 is 2.38 bits per heavy atom. The number of ether oxygens (including phenoxy) is 1. The van der Waals surface area contributed by atoms with Crippen LogP contribution >= 0.6 is 0 Å². The fourth-order valence-corrected chi connectivity index (χ4v) is 0.139. The van der Waals surface area contributed by atoms with E-state index in [-0.39, 0.29) is 0 Å². The molecule has 0 aromatic heterocycles. The molecule has 0 saturated carbocycles. The lowest BCUT2D eigenvalue weighted by Crippen LogP contribution is -2.35. The molecule has 0 radical (unpaired) electrons. The third-order valence-corrected chi connectivity index (χ3v) is 0.419. The number of methoxy groups -OCH3 is 1. The molecule has 0 aromatic rings. The first-order valence-corrected chi connectivity index (χ1v) is 1.84. The minimum absolute atomic E-state index is 0.330. The molecular formula is C3H6N2O3. The van der Waals surface area contributed by atoms with Crippen LogP contribution in [0.1, 0.15) is 0 Å². The van der Waals surface area contributed by atoms with Crippen LogP contribution in [-0.4, -0.2) is 19.6 Å². The van der Waals surface area contributed by atoms with Gasteiger partial charge in [-0.05, 0) is 0 Å². The highest BCUT2D eigenvalue weighted by atomic mass is 16.5. The SMILES string of the molecule is COC(=O)NNC=O. The molecular weight excluding hydrogens is 112 g/mol. The van der Waals surface area contributed by atoms with E-state index >= 15 is 0 Å². The van der Waals surface area contributed by atoms with E-state index in [4.69, 9.17) is 0 Å². The highest BCUT2D eigenvalue weighted by Gasteiger charge is 1.90. The third-order valence-electron chi connectivity index (χ3n) is 0.419. The van der Waals surface area contributed by atoms with Crippen LogP contribution in [0.2, 0.25) is 0 Å². The summed E-state index contributed by atoms with van der Waals surface area (Å²) in [5, 5.41) is 0. The van der Waals surface area contributed by atoms with Gasteiger partial charge in [0.25, 0.3) is 0 Å². The van der Waals surface area contributed by atoms with Gasteiger partial charge in [0.2, 0.25) is 6.41 Å². The van der Waals surface area contributed by atoms with Gasteiger partial charge < -0.3 is 4.74 Å². The average molecular weight is 118 g/mol. The van der Waals surface area contributed by atoms with E-state index in [2.05, 4.69) is 4.74 Å². The van der Waals surface area contributed by atoms with E-state index in [0.717, 1.165) is 0 Å². The van der Waals surface area contributed by atoms with Gasteiger partial charge in [0, 0.05) is 0 Å². The van der Waals surface area contributed by atoms with Crippen LogP contribution in [0.15, 0.2) is 0 Å². The molecule has 0 aliphatic rings. The van der Waals surface area contributed by atoms with Crippen molar-refractivity contribution in [3.8, 4) is 0 Å². The lowest BCUT2D eigenvalue weighted by Gasteiger charge is -1.97. The predicted molar refractivity (Wildman–Crippen MR) is 24.7 cm³/mol. The van der Waals surface area contributed by atoms with Gasteiger partial charge in [-0.3, -0.25) is 10.2 Å². The molecule has 2 N–H and O–H groups in total. The normalized spacial score (nSPS) is 7.12. The summed E-state index contributed by atoms with van der Waals surface area (Å²) in [7, 11) is 1.20. The third kappa shape index (κ3) is 2.95. The summed E-state index contributed by atoms with van der Waals surface area (Å²) >= 11 is 0. The van der Waals surface area contributed by atoms with E-state index in [1.54, 1.807) is 0 Å². The molecule has 0 rings (SSSR count). The Bertz CT molecular complexity index is 92.5. The molecule has 0 aliphatic carbocycles. The van der Waals surface area contributed by atoms with Crippen molar-refractivity contribution in [2.24, 2.45) is 0 Å². The Hall–Kier alpha value is -1.26. The number of carbonyl (C=O) groups excluding carboxylic acids is 2. The van der Waals surface area contributed by atoms with Crippen LogP contribution in [0.5, 0.6) is 0 Å². The van der Waals surface area contributed by atoms with Gasteiger partial charge in [-0.25, -0.2) is 10.2 Å². The lowest BCUT2D eigenvalue weighted by molar-refractivity contribution is -0.110. The number of hydrogen-bond acceptors (Lipinski definition) is 3. The number of hydrogen-bond donors (Lipinski definition) is 2. The Morgan fingerprint density at radius 3 is 2.75 bits per heavy atom. The quantitative estimate of drug-likeness (QED) is 0.361. The first kappa shape index (κ1) is 6.74. The summed E-state index contributed by atoms with van der Waals surface area (Å²) in [6.07, 6.45) is -0.367. The summed E-state index contributed by atoms with van der Waals surface area (Å²) in [5.74, 6) is 0. The standard InChI is InChI=1S/C3H6N2O3/c1-8-3(7)5-4-2-6/h2H,1H3,(H,4,6)(H,5,7). The summed E-state index contributed by atoms with van der Waals surface area (Å²) in [5.41, 5.74) is 3.80. The largest absolute Gasteiger partial charge is 0.452 e. The molecule has 0 bridgehead atoms. The second kappa shape index (κ2) is 3.91. The van der Waals surface area contributed by atoms with Crippen LogP contribution < -0.4 is 10.9 Å². The van der Waals surface area contributed by atoms with Gasteiger partial charge >= 0.3 is 6.09 Å². The van der Waals surface area contributed by atoms with Crippen molar-refractivity contribution in [3.63, 3.8) is 0 Å². The fraction of sp³-hybridized carbons (Fsp3) is 0.333. The molecule has 0 aromatic carbocycles. The summed E-state index contributed by atoms with van der Waals surface area (Å²) in [6, 6.07) is 0. The van der Waals surface area contributed by atoms with Crippen LogP contribution in [0.3, 0.4) is 0 Å². The predicted octanol–water partition coefficient (Wildman–Crippen LogP) is -0.997. The average Bonchev–Trinajstić information content (AvgIpc) is 1.83. The monoisotopic (exact) mass is 118 g/mol. The summed E-state index contributed by atoms with van der Waals surface area (Å²) in [6.45, 7) is 0. The first-order chi connectivity index (χ1) is 3.81.